The van der Waals surface area contributed by atoms with Gasteiger partial charge in [0.1, 0.15) is 15.7 Å². The van der Waals surface area contributed by atoms with Crippen molar-refractivity contribution in [3.63, 3.8) is 0 Å². The molecule has 0 fully saturated rings. The molecule has 0 bridgehead atoms. The Kier molecular flexibility index (Phi) is 6.17. The van der Waals surface area contributed by atoms with Gasteiger partial charge in [-0.2, -0.15) is 0 Å². The van der Waals surface area contributed by atoms with Gasteiger partial charge in [0.25, 0.3) is 0 Å². The molecule has 1 nitrogen and oxygen atoms in total. The summed E-state index contributed by atoms with van der Waals surface area (Å²) in [5.74, 6) is 0. The first-order valence-corrected chi connectivity index (χ1v) is 3.12. The van der Waals surface area contributed by atoms with E-state index in [2.05, 4.69) is 21.0 Å². The van der Waals surface area contributed by atoms with Crippen molar-refractivity contribution in [1.29, 1.82) is 0 Å². The van der Waals surface area contributed by atoms with Gasteiger partial charge in [-0.1, -0.05) is 12.6 Å². The molecule has 0 atom stereocenters. The molecule has 0 aromatic carbocycles. The fraction of sp³-hybridized carbons (Fsp3) is 1.00. The molecule has 0 heterocycles. The highest BCUT2D eigenvalue weighted by Crippen LogP contribution is 1.67. The van der Waals surface area contributed by atoms with Crippen molar-refractivity contribution in [2.45, 2.75) is 12.6 Å². The van der Waals surface area contributed by atoms with Gasteiger partial charge in [0.2, 0.25) is 0 Å². The molecule has 3 heteroatoms. The van der Waals surface area contributed by atoms with Crippen LogP contribution in [-0.4, -0.2) is 28.8 Å². The Labute approximate surface area is 47.7 Å². The van der Waals surface area contributed by atoms with E-state index in [9.17, 15) is 0 Å². The lowest BCUT2D eigenvalue weighted by molar-refractivity contribution is 0.761. The maximum absolute atomic E-state index is 3.28. The van der Waals surface area contributed by atoms with Crippen molar-refractivity contribution < 1.29 is 0 Å². The van der Waals surface area contributed by atoms with Gasteiger partial charge >= 0.3 is 0 Å². The predicted octanol–water partition coefficient (Wildman–Crippen LogP) is -1.32. The van der Waals surface area contributed by atoms with Crippen LogP contribution in [0.5, 0.6) is 0 Å². The van der Waals surface area contributed by atoms with Gasteiger partial charge in [0.05, 0.1) is 0 Å². The second kappa shape index (κ2) is 6.09. The predicted molar refractivity (Wildman–Crippen MR) is 39.6 cm³/mol. The smallest absolute Gasteiger partial charge is 0.102 e. The molecule has 0 saturated heterocycles. The lowest BCUT2D eigenvalue weighted by Crippen LogP contribution is -2.15. The molecule has 0 spiro atoms. The number of hydrogen-bond donors (Lipinski definition) is 1. The lowest BCUT2D eigenvalue weighted by Gasteiger charge is -1.95. The van der Waals surface area contributed by atoms with Crippen molar-refractivity contribution in [3.8, 4) is 0 Å². The van der Waals surface area contributed by atoms with Crippen LogP contribution in [0, 0.1) is 0 Å². The first-order chi connectivity index (χ1) is 3.41. The minimum atomic E-state index is 1.17. The summed E-state index contributed by atoms with van der Waals surface area (Å²) in [6.45, 7) is 2.35. The first-order valence-electron chi connectivity index (χ1n) is 3.12. The molecular formula is C4H13B2N. The molecule has 0 rings (SSSR count). The maximum atomic E-state index is 3.28. The highest BCUT2D eigenvalue weighted by molar-refractivity contribution is 6.09. The summed E-state index contributed by atoms with van der Waals surface area (Å²) in [6.07, 6.45) is 2.50. The maximum Gasteiger partial charge on any atom is 0.102 e. The zero-order valence-corrected chi connectivity index (χ0v) is 5.33. The second-order valence-electron chi connectivity index (χ2n) is 1.75. The summed E-state index contributed by atoms with van der Waals surface area (Å²) in [7, 11) is 4.37. The quantitative estimate of drug-likeness (QED) is 0.338. The van der Waals surface area contributed by atoms with Gasteiger partial charge in [-0.15, -0.1) is 0 Å². The zero-order valence-electron chi connectivity index (χ0n) is 5.33. The fourth-order valence-corrected chi connectivity index (χ4v) is 0.479. The normalized spacial score (nSPS) is 9.14. The Morgan fingerprint density at radius 1 is 1.00 bits per heavy atom. The standard InChI is InChI=1S/C4H13B2N/c5-1-3-7-4-2-6/h7H,1-6H2. The summed E-state index contributed by atoms with van der Waals surface area (Å²) in [5, 5.41) is 3.28. The van der Waals surface area contributed by atoms with Crippen LogP contribution in [0.1, 0.15) is 0 Å². The van der Waals surface area contributed by atoms with Crippen LogP contribution in [0.2, 0.25) is 12.6 Å². The van der Waals surface area contributed by atoms with Gasteiger partial charge in [0.15, 0.2) is 0 Å². The van der Waals surface area contributed by atoms with Crippen LogP contribution in [0.4, 0.5) is 0 Å². The molecule has 0 unspecified atom stereocenters. The van der Waals surface area contributed by atoms with Gasteiger partial charge in [-0.3, -0.25) is 0 Å². The molecule has 0 aliphatic carbocycles. The Morgan fingerprint density at radius 3 is 1.71 bits per heavy atom. The molecule has 0 radical (unpaired) electrons. The SMILES string of the molecule is BCCNCCB. The molecular weight excluding hydrogens is 83.7 g/mol. The van der Waals surface area contributed by atoms with E-state index in [4.69, 9.17) is 0 Å². The molecule has 0 aromatic rings. The molecule has 0 aliphatic rings. The van der Waals surface area contributed by atoms with E-state index in [0.29, 0.717) is 0 Å². The minimum Gasteiger partial charge on any atom is -0.318 e. The van der Waals surface area contributed by atoms with Crippen LogP contribution in [-0.2, 0) is 0 Å². The number of rotatable bonds is 4. The molecule has 0 saturated carbocycles. The third-order valence-electron chi connectivity index (χ3n) is 0.854. The average molecular weight is 96.8 g/mol. The summed E-state index contributed by atoms with van der Waals surface area (Å²) in [6, 6.07) is 0. The molecule has 0 aliphatic heterocycles. The van der Waals surface area contributed by atoms with E-state index in [1.165, 1.54) is 25.7 Å². The monoisotopic (exact) mass is 97.1 g/mol. The van der Waals surface area contributed by atoms with Gasteiger partial charge in [0, 0.05) is 0 Å². The topological polar surface area (TPSA) is 12.0 Å². The van der Waals surface area contributed by atoms with E-state index < -0.39 is 0 Å². The van der Waals surface area contributed by atoms with Crippen LogP contribution < -0.4 is 5.32 Å². The minimum absolute atomic E-state index is 1.17. The molecule has 7 heavy (non-hydrogen) atoms. The third kappa shape index (κ3) is 6.09. The highest BCUT2D eigenvalue weighted by atomic mass is 14.8. The van der Waals surface area contributed by atoms with E-state index in [1.807, 2.05) is 0 Å². The van der Waals surface area contributed by atoms with Crippen LogP contribution >= 0.6 is 0 Å². The van der Waals surface area contributed by atoms with Crippen molar-refractivity contribution >= 4 is 15.7 Å². The third-order valence-corrected chi connectivity index (χ3v) is 0.854. The summed E-state index contributed by atoms with van der Waals surface area (Å²) >= 11 is 0. The van der Waals surface area contributed by atoms with Gasteiger partial charge < -0.3 is 5.32 Å². The van der Waals surface area contributed by atoms with Crippen molar-refractivity contribution in [2.24, 2.45) is 0 Å². The van der Waals surface area contributed by atoms with E-state index in [0.717, 1.165) is 0 Å². The second-order valence-corrected chi connectivity index (χ2v) is 1.75. The van der Waals surface area contributed by atoms with Crippen LogP contribution in [0.3, 0.4) is 0 Å². The van der Waals surface area contributed by atoms with Crippen molar-refractivity contribution in [1.82, 2.24) is 5.32 Å². The van der Waals surface area contributed by atoms with E-state index >= 15 is 0 Å². The van der Waals surface area contributed by atoms with Crippen molar-refractivity contribution in [3.05, 3.63) is 0 Å². The largest absolute Gasteiger partial charge is 0.318 e. The van der Waals surface area contributed by atoms with E-state index in [1.54, 1.807) is 0 Å². The first kappa shape index (κ1) is 7.09. The van der Waals surface area contributed by atoms with Crippen LogP contribution in [0.25, 0.3) is 0 Å². The highest BCUT2D eigenvalue weighted by Gasteiger charge is 1.77. The zero-order chi connectivity index (χ0) is 5.54. The summed E-state index contributed by atoms with van der Waals surface area (Å²) < 4.78 is 0. The van der Waals surface area contributed by atoms with Crippen molar-refractivity contribution in [2.75, 3.05) is 13.1 Å². The fourth-order valence-electron chi connectivity index (χ4n) is 0.479. The Hall–Kier alpha value is 0.0899. The lowest BCUT2D eigenvalue weighted by atomic mass is 10.0. The molecule has 1 N–H and O–H groups in total. The molecule has 0 aromatic heterocycles. The number of nitrogens with one attached hydrogen (secondary N) is 1. The molecule has 0 amide bonds. The molecule has 40 valence electrons. The van der Waals surface area contributed by atoms with Gasteiger partial charge in [-0.25, -0.2) is 0 Å². The summed E-state index contributed by atoms with van der Waals surface area (Å²) in [5.41, 5.74) is 0. The Balaban J connectivity index is 2.45. The van der Waals surface area contributed by atoms with E-state index in [-0.39, 0.29) is 0 Å². The Bertz CT molecular complexity index is 28.9. The number of hydrogen-bond acceptors (Lipinski definition) is 1. The Morgan fingerprint density at radius 2 is 1.43 bits per heavy atom. The van der Waals surface area contributed by atoms with Crippen LogP contribution in [0.15, 0.2) is 0 Å². The summed E-state index contributed by atoms with van der Waals surface area (Å²) in [4.78, 5) is 0. The average Bonchev–Trinajstić information content (AvgIpc) is 1.69. The van der Waals surface area contributed by atoms with Gasteiger partial charge in [-0.05, 0) is 13.1 Å².